The summed E-state index contributed by atoms with van der Waals surface area (Å²) < 4.78 is 5.91. The van der Waals surface area contributed by atoms with Crippen molar-refractivity contribution in [1.82, 2.24) is 15.1 Å². The summed E-state index contributed by atoms with van der Waals surface area (Å²) >= 11 is 0. The van der Waals surface area contributed by atoms with E-state index in [1.54, 1.807) is 0 Å². The Kier molecular flexibility index (Phi) is 5.98. The zero-order valence-electron chi connectivity index (χ0n) is 16.4. The van der Waals surface area contributed by atoms with Crippen LogP contribution in [-0.2, 0) is 0 Å². The Morgan fingerprint density at radius 1 is 0.893 bits per heavy atom. The predicted octanol–water partition coefficient (Wildman–Crippen LogP) is 5.06. The Bertz CT molecular complexity index is 863. The lowest BCUT2D eigenvalue weighted by Crippen LogP contribution is -2.28. The molecule has 0 saturated carbocycles. The molecule has 0 radical (unpaired) electrons. The molecule has 1 atom stereocenters. The van der Waals surface area contributed by atoms with Gasteiger partial charge in [0, 0.05) is 23.7 Å². The SMILES string of the molecule is CC1CCCN1CCCOc1ccc(-c2ccc(-c3ccccc3)nn2)cc1. The van der Waals surface area contributed by atoms with Crippen LogP contribution < -0.4 is 4.74 Å². The smallest absolute Gasteiger partial charge is 0.119 e. The van der Waals surface area contributed by atoms with E-state index in [4.69, 9.17) is 4.74 Å². The predicted molar refractivity (Wildman–Crippen MR) is 113 cm³/mol. The Morgan fingerprint density at radius 2 is 1.57 bits per heavy atom. The summed E-state index contributed by atoms with van der Waals surface area (Å²) in [6, 6.07) is 23.0. The fourth-order valence-corrected chi connectivity index (χ4v) is 3.75. The number of ether oxygens (including phenoxy) is 1. The largest absolute Gasteiger partial charge is 0.494 e. The van der Waals surface area contributed by atoms with Gasteiger partial charge in [0.25, 0.3) is 0 Å². The lowest BCUT2D eigenvalue weighted by molar-refractivity contribution is 0.230. The summed E-state index contributed by atoms with van der Waals surface area (Å²) in [6.07, 6.45) is 3.73. The third-order valence-electron chi connectivity index (χ3n) is 5.43. The molecule has 1 unspecified atom stereocenters. The highest BCUT2D eigenvalue weighted by atomic mass is 16.5. The fourth-order valence-electron chi connectivity index (χ4n) is 3.75. The van der Waals surface area contributed by atoms with Crippen LogP contribution in [0.2, 0.25) is 0 Å². The summed E-state index contributed by atoms with van der Waals surface area (Å²) in [5.74, 6) is 0.909. The maximum atomic E-state index is 5.91. The molecule has 0 N–H and O–H groups in total. The van der Waals surface area contributed by atoms with Crippen molar-refractivity contribution in [1.29, 1.82) is 0 Å². The normalized spacial score (nSPS) is 17.0. The van der Waals surface area contributed by atoms with Gasteiger partial charge in [-0.1, -0.05) is 30.3 Å². The van der Waals surface area contributed by atoms with E-state index in [0.29, 0.717) is 0 Å². The molecule has 2 aromatic carbocycles. The zero-order chi connectivity index (χ0) is 19.2. The quantitative estimate of drug-likeness (QED) is 0.542. The van der Waals surface area contributed by atoms with Crippen LogP contribution in [0.25, 0.3) is 22.5 Å². The average molecular weight is 374 g/mol. The second-order valence-electron chi connectivity index (χ2n) is 7.42. The molecular formula is C24H27N3O. The number of hydrogen-bond donors (Lipinski definition) is 0. The van der Waals surface area contributed by atoms with Gasteiger partial charge in [0.2, 0.25) is 0 Å². The van der Waals surface area contributed by atoms with Gasteiger partial charge in [0.05, 0.1) is 18.0 Å². The third-order valence-corrected chi connectivity index (χ3v) is 5.43. The van der Waals surface area contributed by atoms with Gasteiger partial charge in [-0.2, -0.15) is 0 Å². The molecule has 4 heteroatoms. The van der Waals surface area contributed by atoms with Crippen LogP contribution in [0.3, 0.4) is 0 Å². The van der Waals surface area contributed by atoms with E-state index in [1.165, 1.54) is 19.4 Å². The number of likely N-dealkylation sites (tertiary alicyclic amines) is 1. The van der Waals surface area contributed by atoms with Crippen molar-refractivity contribution in [3.05, 3.63) is 66.7 Å². The minimum Gasteiger partial charge on any atom is -0.494 e. The second kappa shape index (κ2) is 8.98. The molecular weight excluding hydrogens is 346 g/mol. The molecule has 1 aromatic heterocycles. The molecule has 2 heterocycles. The maximum Gasteiger partial charge on any atom is 0.119 e. The van der Waals surface area contributed by atoms with E-state index in [-0.39, 0.29) is 0 Å². The molecule has 4 rings (SSSR count). The lowest BCUT2D eigenvalue weighted by atomic mass is 10.1. The summed E-state index contributed by atoms with van der Waals surface area (Å²) in [7, 11) is 0. The van der Waals surface area contributed by atoms with E-state index in [0.717, 1.165) is 53.9 Å². The van der Waals surface area contributed by atoms with Crippen LogP contribution in [-0.4, -0.2) is 40.8 Å². The number of rotatable bonds is 7. The summed E-state index contributed by atoms with van der Waals surface area (Å²) in [4.78, 5) is 2.56. The molecule has 4 nitrogen and oxygen atoms in total. The fraction of sp³-hybridized carbons (Fsp3) is 0.333. The molecule has 1 fully saturated rings. The number of hydrogen-bond acceptors (Lipinski definition) is 4. The summed E-state index contributed by atoms with van der Waals surface area (Å²) in [6.45, 7) is 5.44. The first-order valence-electron chi connectivity index (χ1n) is 10.2. The van der Waals surface area contributed by atoms with Crippen LogP contribution in [0.15, 0.2) is 66.7 Å². The zero-order valence-corrected chi connectivity index (χ0v) is 16.4. The van der Waals surface area contributed by atoms with Crippen LogP contribution in [0.5, 0.6) is 5.75 Å². The molecule has 28 heavy (non-hydrogen) atoms. The molecule has 144 valence electrons. The summed E-state index contributed by atoms with van der Waals surface area (Å²) in [5, 5.41) is 8.75. The molecule has 1 aliphatic rings. The molecule has 0 spiro atoms. The number of aromatic nitrogens is 2. The van der Waals surface area contributed by atoms with Gasteiger partial charge in [0.1, 0.15) is 5.75 Å². The first-order valence-corrected chi connectivity index (χ1v) is 10.2. The van der Waals surface area contributed by atoms with Gasteiger partial charge in [-0.15, -0.1) is 10.2 Å². The lowest BCUT2D eigenvalue weighted by Gasteiger charge is -2.20. The first-order chi connectivity index (χ1) is 13.8. The van der Waals surface area contributed by atoms with Gasteiger partial charge in [-0.25, -0.2) is 0 Å². The van der Waals surface area contributed by atoms with Crippen molar-refractivity contribution in [2.45, 2.75) is 32.2 Å². The third kappa shape index (κ3) is 4.57. The Morgan fingerprint density at radius 3 is 2.18 bits per heavy atom. The molecule has 3 aromatic rings. The van der Waals surface area contributed by atoms with Gasteiger partial charge >= 0.3 is 0 Å². The first kappa shape index (κ1) is 18.6. The minimum absolute atomic E-state index is 0.730. The Labute approximate surface area is 167 Å². The van der Waals surface area contributed by atoms with Crippen molar-refractivity contribution in [2.24, 2.45) is 0 Å². The number of benzene rings is 2. The van der Waals surface area contributed by atoms with E-state index in [1.807, 2.05) is 66.7 Å². The maximum absolute atomic E-state index is 5.91. The molecule has 1 saturated heterocycles. The van der Waals surface area contributed by atoms with Crippen molar-refractivity contribution >= 4 is 0 Å². The molecule has 0 aliphatic carbocycles. The highest BCUT2D eigenvalue weighted by Crippen LogP contribution is 2.23. The highest BCUT2D eigenvalue weighted by molar-refractivity contribution is 5.63. The van der Waals surface area contributed by atoms with E-state index in [9.17, 15) is 0 Å². The van der Waals surface area contributed by atoms with E-state index < -0.39 is 0 Å². The second-order valence-corrected chi connectivity index (χ2v) is 7.42. The van der Waals surface area contributed by atoms with E-state index in [2.05, 4.69) is 22.0 Å². The monoisotopic (exact) mass is 373 g/mol. The topological polar surface area (TPSA) is 38.2 Å². The molecule has 0 amide bonds. The number of nitrogens with zero attached hydrogens (tertiary/aromatic N) is 3. The van der Waals surface area contributed by atoms with Gasteiger partial charge < -0.3 is 9.64 Å². The van der Waals surface area contributed by atoms with Crippen LogP contribution >= 0.6 is 0 Å². The minimum atomic E-state index is 0.730. The van der Waals surface area contributed by atoms with Gasteiger partial charge in [-0.05, 0) is 69.1 Å². The van der Waals surface area contributed by atoms with E-state index >= 15 is 0 Å². The molecule has 0 bridgehead atoms. The Hall–Kier alpha value is -2.72. The van der Waals surface area contributed by atoms with Gasteiger partial charge in [-0.3, -0.25) is 0 Å². The van der Waals surface area contributed by atoms with Crippen molar-refractivity contribution in [2.75, 3.05) is 19.7 Å². The van der Waals surface area contributed by atoms with Crippen LogP contribution in [0.1, 0.15) is 26.2 Å². The molecule has 1 aliphatic heterocycles. The summed E-state index contributed by atoms with van der Waals surface area (Å²) in [5.41, 5.74) is 3.88. The average Bonchev–Trinajstić information content (AvgIpc) is 3.17. The Balaban J connectivity index is 1.30. The van der Waals surface area contributed by atoms with Crippen molar-refractivity contribution in [3.8, 4) is 28.3 Å². The van der Waals surface area contributed by atoms with Crippen LogP contribution in [0, 0.1) is 0 Å². The van der Waals surface area contributed by atoms with Crippen molar-refractivity contribution < 1.29 is 4.74 Å². The standard InChI is InChI=1S/C24H27N3O/c1-19-7-5-16-27(19)17-6-18-28-22-12-10-21(11-13-22)24-15-14-23(25-26-24)20-8-3-2-4-9-20/h2-4,8-15,19H,5-7,16-18H2,1H3. The highest BCUT2D eigenvalue weighted by Gasteiger charge is 2.19. The van der Waals surface area contributed by atoms with Crippen LogP contribution in [0.4, 0.5) is 0 Å². The van der Waals surface area contributed by atoms with Gasteiger partial charge in [0.15, 0.2) is 0 Å². The van der Waals surface area contributed by atoms with Crippen molar-refractivity contribution in [3.63, 3.8) is 0 Å².